The number of rotatable bonds is 4. The Morgan fingerprint density at radius 3 is 2.53 bits per heavy atom. The summed E-state index contributed by atoms with van der Waals surface area (Å²) in [6.07, 6.45) is 0.374. The number of hydrogen-bond donors (Lipinski definition) is 3. The molecule has 2 aromatic heterocycles. The topological polar surface area (TPSA) is 103 Å². The van der Waals surface area contributed by atoms with Gasteiger partial charge in [-0.05, 0) is 38.2 Å². The van der Waals surface area contributed by atoms with Crippen molar-refractivity contribution in [1.29, 1.82) is 0 Å². The maximum absolute atomic E-state index is 13.7. The molecule has 2 aromatic rings. The second-order valence-electron chi connectivity index (χ2n) is 8.73. The second kappa shape index (κ2) is 7.65. The molecule has 3 N–H and O–H groups in total. The SMILES string of the molecule is O=C1CC(O)(C(F)(F)F)c2c(n[nH]c2C2CCN(c3ccc(OC4CCC4)nc3)CC2)N1. The van der Waals surface area contributed by atoms with E-state index in [1.807, 2.05) is 12.1 Å². The van der Waals surface area contributed by atoms with E-state index >= 15 is 0 Å². The molecule has 11 heteroatoms. The van der Waals surface area contributed by atoms with Crippen LogP contribution in [0.2, 0.25) is 0 Å². The first-order chi connectivity index (χ1) is 15.2. The molecule has 1 saturated heterocycles. The Bertz CT molecular complexity index is 997. The van der Waals surface area contributed by atoms with Crippen LogP contribution in [0.15, 0.2) is 18.3 Å². The number of anilines is 2. The van der Waals surface area contributed by atoms with Gasteiger partial charge in [0, 0.05) is 30.8 Å². The average molecular weight is 451 g/mol. The largest absolute Gasteiger partial charge is 0.474 e. The van der Waals surface area contributed by atoms with Crippen molar-refractivity contribution >= 4 is 17.4 Å². The minimum absolute atomic E-state index is 0.238. The fourth-order valence-electron chi connectivity index (χ4n) is 4.61. The van der Waals surface area contributed by atoms with Crippen molar-refractivity contribution in [2.24, 2.45) is 0 Å². The Labute approximate surface area is 182 Å². The van der Waals surface area contributed by atoms with Crippen LogP contribution in [0.5, 0.6) is 5.88 Å². The van der Waals surface area contributed by atoms with Crippen molar-refractivity contribution < 1.29 is 27.8 Å². The van der Waals surface area contributed by atoms with E-state index in [0.29, 0.717) is 31.8 Å². The van der Waals surface area contributed by atoms with Crippen LogP contribution in [0.3, 0.4) is 0 Å². The summed E-state index contributed by atoms with van der Waals surface area (Å²) < 4.78 is 47.0. The fourth-order valence-corrected chi connectivity index (χ4v) is 4.61. The van der Waals surface area contributed by atoms with Crippen molar-refractivity contribution in [3.8, 4) is 5.88 Å². The van der Waals surface area contributed by atoms with Gasteiger partial charge < -0.3 is 20.1 Å². The third-order valence-corrected chi connectivity index (χ3v) is 6.68. The molecule has 1 aliphatic carbocycles. The Hall–Kier alpha value is -2.82. The highest BCUT2D eigenvalue weighted by Crippen LogP contribution is 2.49. The number of aromatic amines is 1. The standard InChI is InChI=1S/C21H24F3N5O3/c22-21(23,24)20(31)10-15(30)26-19-17(20)18(27-28-19)12-6-8-29(9-7-12)13-4-5-16(25-11-13)32-14-2-1-3-14/h4-5,11-12,14,31H,1-3,6-10H2,(H2,26,27,28,30). The smallest absolute Gasteiger partial charge is 0.422 e. The molecule has 1 atom stereocenters. The summed E-state index contributed by atoms with van der Waals surface area (Å²) in [5, 5.41) is 19.3. The minimum atomic E-state index is -4.99. The number of carbonyl (C=O) groups excluding carboxylic acids is 1. The molecular formula is C21H24F3N5O3. The van der Waals surface area contributed by atoms with E-state index in [2.05, 4.69) is 25.4 Å². The van der Waals surface area contributed by atoms with Crippen molar-refractivity contribution in [1.82, 2.24) is 15.2 Å². The molecule has 32 heavy (non-hydrogen) atoms. The summed E-state index contributed by atoms with van der Waals surface area (Å²) in [6, 6.07) is 3.79. The van der Waals surface area contributed by atoms with Gasteiger partial charge in [0.25, 0.3) is 0 Å². The van der Waals surface area contributed by atoms with Gasteiger partial charge in [-0.1, -0.05) is 0 Å². The number of alkyl halides is 3. The summed E-state index contributed by atoms with van der Waals surface area (Å²) in [7, 11) is 0. The summed E-state index contributed by atoms with van der Waals surface area (Å²) in [6.45, 7) is 1.22. The molecular weight excluding hydrogens is 427 g/mol. The summed E-state index contributed by atoms with van der Waals surface area (Å²) in [5.41, 5.74) is -2.44. The van der Waals surface area contributed by atoms with Crippen molar-refractivity contribution in [3.63, 3.8) is 0 Å². The summed E-state index contributed by atoms with van der Waals surface area (Å²) in [4.78, 5) is 18.2. The van der Waals surface area contributed by atoms with E-state index in [0.717, 1.165) is 18.5 Å². The fraction of sp³-hybridized carbons (Fsp3) is 0.571. The highest BCUT2D eigenvalue weighted by molar-refractivity contribution is 5.94. The number of hydrogen-bond acceptors (Lipinski definition) is 6. The third-order valence-electron chi connectivity index (χ3n) is 6.68. The van der Waals surface area contributed by atoms with Gasteiger partial charge in [-0.15, -0.1) is 0 Å². The van der Waals surface area contributed by atoms with Crippen LogP contribution in [0.1, 0.15) is 55.7 Å². The molecule has 1 saturated carbocycles. The first-order valence-electron chi connectivity index (χ1n) is 10.8. The van der Waals surface area contributed by atoms with Crippen molar-refractivity contribution in [2.75, 3.05) is 23.3 Å². The van der Waals surface area contributed by atoms with Crippen LogP contribution in [-0.2, 0) is 10.4 Å². The molecule has 1 amide bonds. The molecule has 0 spiro atoms. The van der Waals surface area contributed by atoms with Gasteiger partial charge in [-0.25, -0.2) is 4.98 Å². The lowest BCUT2D eigenvalue weighted by atomic mass is 9.81. The van der Waals surface area contributed by atoms with Crippen LogP contribution in [-0.4, -0.2) is 51.6 Å². The maximum atomic E-state index is 13.7. The van der Waals surface area contributed by atoms with Crippen molar-refractivity contribution in [2.45, 2.75) is 62.3 Å². The van der Waals surface area contributed by atoms with Crippen LogP contribution in [0.4, 0.5) is 24.7 Å². The molecule has 0 aromatic carbocycles. The molecule has 1 unspecified atom stereocenters. The number of carbonyl (C=O) groups is 1. The highest BCUT2D eigenvalue weighted by atomic mass is 19.4. The molecule has 2 fully saturated rings. The van der Waals surface area contributed by atoms with E-state index in [9.17, 15) is 23.1 Å². The zero-order valence-corrected chi connectivity index (χ0v) is 17.3. The second-order valence-corrected chi connectivity index (χ2v) is 8.73. The van der Waals surface area contributed by atoms with E-state index in [-0.39, 0.29) is 29.1 Å². The predicted molar refractivity (Wildman–Crippen MR) is 108 cm³/mol. The number of amides is 1. The monoisotopic (exact) mass is 451 g/mol. The highest BCUT2D eigenvalue weighted by Gasteiger charge is 2.61. The number of ether oxygens (including phenoxy) is 1. The molecule has 2 aliphatic heterocycles. The average Bonchev–Trinajstić information content (AvgIpc) is 3.15. The lowest BCUT2D eigenvalue weighted by molar-refractivity contribution is -0.267. The first kappa shape index (κ1) is 21.0. The van der Waals surface area contributed by atoms with E-state index in [1.165, 1.54) is 6.42 Å². The number of pyridine rings is 1. The Balaban J connectivity index is 1.30. The number of nitrogens with zero attached hydrogens (tertiary/aromatic N) is 3. The van der Waals surface area contributed by atoms with Crippen LogP contribution in [0, 0.1) is 0 Å². The number of piperidine rings is 1. The quantitative estimate of drug-likeness (QED) is 0.660. The lowest BCUT2D eigenvalue weighted by Crippen LogP contribution is -2.48. The first-order valence-corrected chi connectivity index (χ1v) is 10.8. The normalized spacial score (nSPS) is 24.6. The number of aliphatic hydroxyl groups is 1. The van der Waals surface area contributed by atoms with E-state index < -0.39 is 24.1 Å². The third kappa shape index (κ3) is 3.58. The molecule has 0 bridgehead atoms. The van der Waals surface area contributed by atoms with Gasteiger partial charge in [-0.2, -0.15) is 18.3 Å². The Kier molecular flexibility index (Phi) is 5.03. The molecule has 5 rings (SSSR count). The molecule has 8 nitrogen and oxygen atoms in total. The van der Waals surface area contributed by atoms with Gasteiger partial charge in [0.05, 0.1) is 23.9 Å². The predicted octanol–water partition coefficient (Wildman–Crippen LogP) is 3.21. The van der Waals surface area contributed by atoms with Crippen LogP contribution < -0.4 is 15.0 Å². The number of fused-ring (bicyclic) bond motifs is 1. The number of nitrogens with one attached hydrogen (secondary N) is 2. The summed E-state index contributed by atoms with van der Waals surface area (Å²) in [5.74, 6) is -0.807. The number of halogens is 3. The molecule has 172 valence electrons. The van der Waals surface area contributed by atoms with Gasteiger partial charge in [0.2, 0.25) is 11.8 Å². The van der Waals surface area contributed by atoms with Gasteiger partial charge in [0.15, 0.2) is 11.4 Å². The minimum Gasteiger partial charge on any atom is -0.474 e. The van der Waals surface area contributed by atoms with Crippen LogP contribution in [0.25, 0.3) is 0 Å². The zero-order chi connectivity index (χ0) is 22.5. The van der Waals surface area contributed by atoms with Gasteiger partial charge in [-0.3, -0.25) is 9.89 Å². The van der Waals surface area contributed by atoms with Crippen LogP contribution >= 0.6 is 0 Å². The Morgan fingerprint density at radius 2 is 1.94 bits per heavy atom. The lowest BCUT2D eigenvalue weighted by Gasteiger charge is -2.37. The zero-order valence-electron chi connectivity index (χ0n) is 17.3. The Morgan fingerprint density at radius 1 is 1.19 bits per heavy atom. The molecule has 0 radical (unpaired) electrons. The maximum Gasteiger partial charge on any atom is 0.422 e. The van der Waals surface area contributed by atoms with E-state index in [4.69, 9.17) is 4.74 Å². The van der Waals surface area contributed by atoms with Crippen molar-refractivity contribution in [3.05, 3.63) is 29.6 Å². The summed E-state index contributed by atoms with van der Waals surface area (Å²) >= 11 is 0. The van der Waals surface area contributed by atoms with Gasteiger partial charge in [0.1, 0.15) is 6.10 Å². The molecule has 3 aliphatic rings. The van der Waals surface area contributed by atoms with E-state index in [1.54, 1.807) is 6.20 Å². The number of aromatic nitrogens is 3. The number of H-pyrrole nitrogens is 1. The molecule has 4 heterocycles. The van der Waals surface area contributed by atoms with Gasteiger partial charge >= 0.3 is 6.18 Å².